The molecule has 9 heteroatoms. The summed E-state index contributed by atoms with van der Waals surface area (Å²) in [6.07, 6.45) is 1.74. The average molecular weight is 492 g/mol. The fraction of sp³-hybridized carbons (Fsp3) is 0.407. The molecule has 5 rings (SSSR count). The summed E-state index contributed by atoms with van der Waals surface area (Å²) in [5.74, 6) is -1.82. The lowest BCUT2D eigenvalue weighted by Crippen LogP contribution is -2.51. The highest BCUT2D eigenvalue weighted by Gasteiger charge is 2.44. The number of hydrogen-bond donors (Lipinski definition) is 1. The second kappa shape index (κ2) is 10.6. The van der Waals surface area contributed by atoms with Crippen LogP contribution < -0.4 is 10.1 Å². The Bertz CT molecular complexity index is 1170. The number of nitrogens with zero attached hydrogens (tertiary/aromatic N) is 2. The number of ether oxygens (including phenoxy) is 2. The lowest BCUT2D eigenvalue weighted by atomic mass is 10.0. The molecule has 1 N–H and O–H groups in total. The van der Waals surface area contributed by atoms with Gasteiger partial charge in [-0.1, -0.05) is 36.8 Å². The van der Waals surface area contributed by atoms with Crippen LogP contribution in [0.25, 0.3) is 0 Å². The monoisotopic (exact) mass is 491 g/mol. The first-order valence-corrected chi connectivity index (χ1v) is 12.4. The van der Waals surface area contributed by atoms with Crippen molar-refractivity contribution in [3.05, 3.63) is 64.7 Å². The van der Waals surface area contributed by atoms with Crippen LogP contribution in [0.1, 0.15) is 57.5 Å². The minimum Gasteiger partial charge on any atom is -0.488 e. The SMILES string of the molecule is O=C1CCCCC(N2C(=O)c3cccc(OCc4ccc(CN5CCOCC5)cc4)c3C2=O)C(=O)N1. The molecule has 0 saturated carbocycles. The molecule has 3 aliphatic rings. The predicted octanol–water partition coefficient (Wildman–Crippen LogP) is 2.28. The van der Waals surface area contributed by atoms with E-state index in [1.165, 1.54) is 5.56 Å². The van der Waals surface area contributed by atoms with Gasteiger partial charge in [0.05, 0.1) is 24.3 Å². The summed E-state index contributed by atoms with van der Waals surface area (Å²) in [5, 5.41) is 2.30. The van der Waals surface area contributed by atoms with Crippen LogP contribution in [0.2, 0.25) is 0 Å². The van der Waals surface area contributed by atoms with Crippen LogP contribution in [0.4, 0.5) is 0 Å². The Morgan fingerprint density at radius 2 is 1.67 bits per heavy atom. The molecule has 0 aromatic heterocycles. The number of fused-ring (bicyclic) bond motifs is 1. The molecule has 0 radical (unpaired) electrons. The smallest absolute Gasteiger partial charge is 0.266 e. The van der Waals surface area contributed by atoms with Gasteiger partial charge in [-0.3, -0.25) is 34.3 Å². The van der Waals surface area contributed by atoms with Gasteiger partial charge in [-0.05, 0) is 36.1 Å². The molecule has 2 aromatic rings. The minimum atomic E-state index is -1.02. The van der Waals surface area contributed by atoms with E-state index in [0.29, 0.717) is 25.0 Å². The van der Waals surface area contributed by atoms with Gasteiger partial charge in [-0.2, -0.15) is 0 Å². The number of hydrogen-bond acceptors (Lipinski definition) is 7. The summed E-state index contributed by atoms with van der Waals surface area (Å²) >= 11 is 0. The van der Waals surface area contributed by atoms with Crippen molar-refractivity contribution >= 4 is 23.6 Å². The topological polar surface area (TPSA) is 105 Å². The Morgan fingerprint density at radius 1 is 0.917 bits per heavy atom. The summed E-state index contributed by atoms with van der Waals surface area (Å²) in [6.45, 7) is 4.46. The number of morpholine rings is 1. The average Bonchev–Trinajstić information content (AvgIpc) is 3.13. The highest BCUT2D eigenvalue weighted by Crippen LogP contribution is 2.34. The van der Waals surface area contributed by atoms with Crippen molar-refractivity contribution in [2.45, 2.75) is 44.9 Å². The van der Waals surface area contributed by atoms with E-state index in [0.717, 1.165) is 43.3 Å². The number of benzene rings is 2. The standard InChI is InChI=1S/C27H29N3O6/c31-23-7-2-1-5-21(25(32)28-23)30-26(33)20-4-3-6-22(24(20)27(30)34)36-17-19-10-8-18(9-11-19)16-29-12-14-35-15-13-29/h3-4,6,8-11,21H,1-2,5,7,12-17H2,(H,28,31,32). The molecule has 36 heavy (non-hydrogen) atoms. The van der Waals surface area contributed by atoms with E-state index < -0.39 is 23.8 Å². The van der Waals surface area contributed by atoms with Crippen molar-refractivity contribution in [2.75, 3.05) is 26.3 Å². The molecule has 3 aliphatic heterocycles. The first-order valence-electron chi connectivity index (χ1n) is 12.4. The van der Waals surface area contributed by atoms with Crippen molar-refractivity contribution in [3.8, 4) is 5.75 Å². The minimum absolute atomic E-state index is 0.160. The van der Waals surface area contributed by atoms with Crippen molar-refractivity contribution in [2.24, 2.45) is 0 Å². The van der Waals surface area contributed by atoms with Crippen molar-refractivity contribution < 1.29 is 28.7 Å². The molecule has 9 nitrogen and oxygen atoms in total. The van der Waals surface area contributed by atoms with Crippen LogP contribution in [0.15, 0.2) is 42.5 Å². The molecule has 3 heterocycles. The van der Waals surface area contributed by atoms with Crippen molar-refractivity contribution in [1.29, 1.82) is 0 Å². The molecule has 1 atom stereocenters. The lowest BCUT2D eigenvalue weighted by molar-refractivity contribution is -0.133. The summed E-state index contributed by atoms with van der Waals surface area (Å²) in [5.41, 5.74) is 2.51. The van der Waals surface area contributed by atoms with Crippen LogP contribution in [-0.4, -0.2) is 65.8 Å². The number of carbonyl (C=O) groups excluding carboxylic acids is 4. The van der Waals surface area contributed by atoms with E-state index in [1.54, 1.807) is 18.2 Å². The van der Waals surface area contributed by atoms with Crippen LogP contribution in [0, 0.1) is 0 Å². The zero-order valence-corrected chi connectivity index (χ0v) is 20.0. The van der Waals surface area contributed by atoms with Crippen molar-refractivity contribution in [3.63, 3.8) is 0 Å². The maximum atomic E-state index is 13.3. The number of amides is 4. The molecule has 2 aromatic carbocycles. The van der Waals surface area contributed by atoms with E-state index in [9.17, 15) is 19.2 Å². The van der Waals surface area contributed by atoms with Crippen LogP contribution in [0.5, 0.6) is 5.75 Å². The lowest BCUT2D eigenvalue weighted by Gasteiger charge is -2.26. The molecular weight excluding hydrogens is 462 g/mol. The Kier molecular flexibility index (Phi) is 7.11. The summed E-state index contributed by atoms with van der Waals surface area (Å²) in [4.78, 5) is 54.3. The van der Waals surface area contributed by atoms with E-state index in [-0.39, 0.29) is 30.1 Å². The quantitative estimate of drug-likeness (QED) is 0.618. The third-order valence-corrected chi connectivity index (χ3v) is 6.84. The fourth-order valence-electron chi connectivity index (χ4n) is 4.88. The van der Waals surface area contributed by atoms with Gasteiger partial charge in [0.25, 0.3) is 11.8 Å². The van der Waals surface area contributed by atoms with E-state index in [1.807, 2.05) is 12.1 Å². The van der Waals surface area contributed by atoms with Gasteiger partial charge in [0, 0.05) is 26.1 Å². The molecule has 0 aliphatic carbocycles. The van der Waals surface area contributed by atoms with Crippen LogP contribution in [0.3, 0.4) is 0 Å². The van der Waals surface area contributed by atoms with Crippen LogP contribution >= 0.6 is 0 Å². The van der Waals surface area contributed by atoms with Gasteiger partial charge in [-0.25, -0.2) is 0 Å². The first kappa shape index (κ1) is 24.1. The maximum absolute atomic E-state index is 13.3. The van der Waals surface area contributed by atoms with E-state index in [2.05, 4.69) is 22.3 Å². The second-order valence-corrected chi connectivity index (χ2v) is 9.33. The molecule has 0 spiro atoms. The third-order valence-electron chi connectivity index (χ3n) is 6.84. The predicted molar refractivity (Wildman–Crippen MR) is 129 cm³/mol. The van der Waals surface area contributed by atoms with Crippen LogP contribution in [-0.2, 0) is 27.5 Å². The fourth-order valence-corrected chi connectivity index (χ4v) is 4.88. The first-order chi connectivity index (χ1) is 17.5. The second-order valence-electron chi connectivity index (χ2n) is 9.33. The molecule has 2 saturated heterocycles. The molecule has 2 fully saturated rings. The Morgan fingerprint density at radius 3 is 2.44 bits per heavy atom. The zero-order chi connectivity index (χ0) is 25.1. The number of nitrogens with one attached hydrogen (secondary N) is 1. The van der Waals surface area contributed by atoms with E-state index in [4.69, 9.17) is 9.47 Å². The zero-order valence-electron chi connectivity index (χ0n) is 20.0. The van der Waals surface area contributed by atoms with Gasteiger partial charge in [0.15, 0.2) is 0 Å². The normalized spacial score (nSPS) is 21.1. The maximum Gasteiger partial charge on any atom is 0.266 e. The van der Waals surface area contributed by atoms with E-state index >= 15 is 0 Å². The molecule has 188 valence electrons. The highest BCUT2D eigenvalue weighted by molar-refractivity contribution is 6.24. The summed E-state index contributed by atoms with van der Waals surface area (Å²) < 4.78 is 11.4. The van der Waals surface area contributed by atoms with Gasteiger partial charge in [-0.15, -0.1) is 0 Å². The summed E-state index contributed by atoms with van der Waals surface area (Å²) in [7, 11) is 0. The molecule has 1 unspecified atom stereocenters. The Labute approximate surface area is 209 Å². The van der Waals surface area contributed by atoms with Gasteiger partial charge >= 0.3 is 0 Å². The molecule has 0 bridgehead atoms. The Hall–Kier alpha value is -3.56. The summed E-state index contributed by atoms with van der Waals surface area (Å²) in [6, 6.07) is 12.0. The molecular formula is C27H29N3O6. The molecule has 4 amide bonds. The van der Waals surface area contributed by atoms with Gasteiger partial charge in [0.2, 0.25) is 11.8 Å². The van der Waals surface area contributed by atoms with Crippen molar-refractivity contribution in [1.82, 2.24) is 15.1 Å². The third kappa shape index (κ3) is 5.03. The number of rotatable bonds is 6. The highest BCUT2D eigenvalue weighted by atomic mass is 16.5. The van der Waals surface area contributed by atoms with Gasteiger partial charge in [0.1, 0.15) is 18.4 Å². The van der Waals surface area contributed by atoms with Gasteiger partial charge < -0.3 is 9.47 Å². The number of imide groups is 2. The number of carbonyl (C=O) groups is 4. The largest absolute Gasteiger partial charge is 0.488 e. The Balaban J connectivity index is 1.28.